The molecule has 4 rings (SSSR count). The van der Waals surface area contributed by atoms with Crippen LogP contribution in [0.3, 0.4) is 0 Å². The molecular formula is C23H26N4O3. The minimum atomic E-state index is -0.00855. The number of rotatable bonds is 5. The molecule has 1 saturated heterocycles. The van der Waals surface area contributed by atoms with E-state index in [4.69, 9.17) is 9.26 Å². The van der Waals surface area contributed by atoms with E-state index in [1.54, 1.807) is 13.2 Å². The topological polar surface area (TPSA) is 71.7 Å². The first kappa shape index (κ1) is 20.1. The van der Waals surface area contributed by atoms with Crippen LogP contribution in [0, 0.1) is 6.92 Å². The molecule has 7 nitrogen and oxygen atoms in total. The monoisotopic (exact) mass is 406 g/mol. The third-order valence-electron chi connectivity index (χ3n) is 5.57. The molecule has 0 saturated carbocycles. The minimum absolute atomic E-state index is 0.00855. The third-order valence-corrected chi connectivity index (χ3v) is 5.57. The molecule has 156 valence electrons. The number of methoxy groups -OCH3 is 1. The molecule has 1 aliphatic heterocycles. The molecule has 0 bridgehead atoms. The molecule has 1 fully saturated rings. The molecule has 0 radical (unpaired) electrons. The van der Waals surface area contributed by atoms with Crippen LogP contribution in [0.2, 0.25) is 0 Å². The zero-order chi connectivity index (χ0) is 21.1. The van der Waals surface area contributed by atoms with Gasteiger partial charge in [0.15, 0.2) is 0 Å². The van der Waals surface area contributed by atoms with Gasteiger partial charge in [-0.25, -0.2) is 0 Å². The molecule has 3 aromatic rings. The SMILES string of the molecule is COc1cccc(C(=O)N2CCN(C(C)c3nc(-c4ccc(C)cc4)no3)CC2)c1. The Morgan fingerprint density at radius 3 is 2.53 bits per heavy atom. The van der Waals surface area contributed by atoms with Gasteiger partial charge in [0.25, 0.3) is 5.91 Å². The van der Waals surface area contributed by atoms with Crippen molar-refractivity contribution in [1.82, 2.24) is 19.9 Å². The van der Waals surface area contributed by atoms with E-state index in [-0.39, 0.29) is 11.9 Å². The predicted octanol–water partition coefficient (Wildman–Crippen LogP) is 3.57. The van der Waals surface area contributed by atoms with Crippen molar-refractivity contribution in [2.45, 2.75) is 19.9 Å². The number of hydrogen-bond acceptors (Lipinski definition) is 6. The van der Waals surface area contributed by atoms with Crippen molar-refractivity contribution in [3.63, 3.8) is 0 Å². The molecular weight excluding hydrogens is 380 g/mol. The van der Waals surface area contributed by atoms with E-state index in [9.17, 15) is 4.79 Å². The lowest BCUT2D eigenvalue weighted by Gasteiger charge is -2.36. The Labute approximate surface area is 176 Å². The summed E-state index contributed by atoms with van der Waals surface area (Å²) < 4.78 is 10.8. The predicted molar refractivity (Wildman–Crippen MR) is 113 cm³/mol. The van der Waals surface area contributed by atoms with E-state index in [0.717, 1.165) is 18.7 Å². The molecule has 0 N–H and O–H groups in total. The van der Waals surface area contributed by atoms with Crippen LogP contribution in [-0.4, -0.2) is 59.1 Å². The quantitative estimate of drug-likeness (QED) is 0.645. The molecule has 1 aromatic heterocycles. The first-order valence-corrected chi connectivity index (χ1v) is 10.1. The van der Waals surface area contributed by atoms with Crippen molar-refractivity contribution in [3.8, 4) is 17.1 Å². The van der Waals surface area contributed by atoms with Gasteiger partial charge in [0.1, 0.15) is 5.75 Å². The molecule has 1 amide bonds. The number of amides is 1. The van der Waals surface area contributed by atoms with Gasteiger partial charge in [-0.3, -0.25) is 9.69 Å². The van der Waals surface area contributed by atoms with E-state index in [2.05, 4.69) is 22.0 Å². The van der Waals surface area contributed by atoms with Crippen molar-refractivity contribution in [3.05, 3.63) is 65.5 Å². The van der Waals surface area contributed by atoms with Crippen LogP contribution < -0.4 is 4.74 Å². The van der Waals surface area contributed by atoms with Gasteiger partial charge in [-0.1, -0.05) is 41.1 Å². The number of carbonyl (C=O) groups excluding carboxylic acids is 1. The fourth-order valence-electron chi connectivity index (χ4n) is 3.63. The fourth-order valence-corrected chi connectivity index (χ4v) is 3.63. The Bertz CT molecular complexity index is 1010. The Morgan fingerprint density at radius 2 is 1.83 bits per heavy atom. The number of benzene rings is 2. The first-order valence-electron chi connectivity index (χ1n) is 10.1. The molecule has 1 atom stereocenters. The second-order valence-corrected chi connectivity index (χ2v) is 7.56. The van der Waals surface area contributed by atoms with Crippen molar-refractivity contribution >= 4 is 5.91 Å². The zero-order valence-corrected chi connectivity index (χ0v) is 17.5. The first-order chi connectivity index (χ1) is 14.5. The lowest BCUT2D eigenvalue weighted by atomic mass is 10.1. The van der Waals surface area contributed by atoms with Gasteiger partial charge in [-0.15, -0.1) is 0 Å². The summed E-state index contributed by atoms with van der Waals surface area (Å²) in [6, 6.07) is 15.3. The number of ether oxygens (including phenoxy) is 1. The third kappa shape index (κ3) is 4.21. The van der Waals surface area contributed by atoms with Gasteiger partial charge < -0.3 is 14.2 Å². The van der Waals surface area contributed by atoms with Gasteiger partial charge in [0.2, 0.25) is 11.7 Å². The highest BCUT2D eigenvalue weighted by atomic mass is 16.5. The summed E-state index contributed by atoms with van der Waals surface area (Å²) in [6.07, 6.45) is 0. The molecule has 2 aromatic carbocycles. The summed E-state index contributed by atoms with van der Waals surface area (Å²) in [5.41, 5.74) is 2.78. The lowest BCUT2D eigenvalue weighted by molar-refractivity contribution is 0.0551. The Balaban J connectivity index is 1.38. The highest BCUT2D eigenvalue weighted by molar-refractivity contribution is 5.94. The second kappa shape index (κ2) is 8.67. The largest absolute Gasteiger partial charge is 0.497 e. The normalized spacial score (nSPS) is 15.8. The second-order valence-electron chi connectivity index (χ2n) is 7.56. The van der Waals surface area contributed by atoms with Crippen LogP contribution in [0.5, 0.6) is 5.75 Å². The summed E-state index contributed by atoms with van der Waals surface area (Å²) in [5, 5.41) is 4.14. The summed E-state index contributed by atoms with van der Waals surface area (Å²) in [4.78, 5) is 21.5. The number of nitrogens with zero attached hydrogens (tertiary/aromatic N) is 4. The number of carbonyl (C=O) groups is 1. The van der Waals surface area contributed by atoms with Crippen molar-refractivity contribution < 1.29 is 14.1 Å². The molecule has 2 heterocycles. The van der Waals surface area contributed by atoms with Crippen molar-refractivity contribution in [1.29, 1.82) is 0 Å². The maximum absolute atomic E-state index is 12.8. The van der Waals surface area contributed by atoms with E-state index in [1.807, 2.05) is 54.3 Å². The summed E-state index contributed by atoms with van der Waals surface area (Å²) in [7, 11) is 1.60. The van der Waals surface area contributed by atoms with Crippen LogP contribution in [0.15, 0.2) is 53.1 Å². The van der Waals surface area contributed by atoms with Crippen LogP contribution in [0.25, 0.3) is 11.4 Å². The molecule has 0 aliphatic carbocycles. The molecule has 7 heteroatoms. The number of hydrogen-bond donors (Lipinski definition) is 0. The van der Waals surface area contributed by atoms with Gasteiger partial charge in [0, 0.05) is 37.3 Å². The Kier molecular flexibility index (Phi) is 5.81. The van der Waals surface area contributed by atoms with Gasteiger partial charge in [-0.05, 0) is 32.0 Å². The summed E-state index contributed by atoms with van der Waals surface area (Å²) in [6.45, 7) is 6.91. The number of aryl methyl sites for hydroxylation is 1. The molecule has 30 heavy (non-hydrogen) atoms. The summed E-state index contributed by atoms with van der Waals surface area (Å²) in [5.74, 6) is 1.91. The van der Waals surface area contributed by atoms with E-state index < -0.39 is 0 Å². The lowest BCUT2D eigenvalue weighted by Crippen LogP contribution is -2.49. The smallest absolute Gasteiger partial charge is 0.254 e. The Hall–Kier alpha value is -3.19. The van der Waals surface area contributed by atoms with Crippen LogP contribution >= 0.6 is 0 Å². The average molecular weight is 406 g/mol. The number of aromatic nitrogens is 2. The average Bonchev–Trinajstić information content (AvgIpc) is 3.29. The zero-order valence-electron chi connectivity index (χ0n) is 17.5. The maximum atomic E-state index is 12.8. The van der Waals surface area contributed by atoms with E-state index >= 15 is 0 Å². The maximum Gasteiger partial charge on any atom is 0.254 e. The fraction of sp³-hybridized carbons (Fsp3) is 0.348. The van der Waals surface area contributed by atoms with Gasteiger partial charge >= 0.3 is 0 Å². The van der Waals surface area contributed by atoms with Gasteiger partial charge in [-0.2, -0.15) is 4.98 Å². The molecule has 1 unspecified atom stereocenters. The Morgan fingerprint density at radius 1 is 1.10 bits per heavy atom. The number of piperazine rings is 1. The van der Waals surface area contributed by atoms with Gasteiger partial charge in [0.05, 0.1) is 13.2 Å². The molecule has 1 aliphatic rings. The van der Waals surface area contributed by atoms with E-state index in [1.165, 1.54) is 5.56 Å². The van der Waals surface area contributed by atoms with Crippen LogP contribution in [0.1, 0.15) is 34.8 Å². The minimum Gasteiger partial charge on any atom is -0.497 e. The highest BCUT2D eigenvalue weighted by Crippen LogP contribution is 2.24. The van der Waals surface area contributed by atoms with Crippen LogP contribution in [0.4, 0.5) is 0 Å². The molecule has 0 spiro atoms. The summed E-state index contributed by atoms with van der Waals surface area (Å²) >= 11 is 0. The van der Waals surface area contributed by atoms with Crippen molar-refractivity contribution in [2.75, 3.05) is 33.3 Å². The standard InChI is InChI=1S/C23H26N4O3/c1-16-7-9-18(10-8-16)21-24-22(30-25-21)17(2)26-11-13-27(14-12-26)23(28)19-5-4-6-20(15-19)29-3/h4-10,15,17H,11-14H2,1-3H3. The van der Waals surface area contributed by atoms with E-state index in [0.29, 0.717) is 36.1 Å². The van der Waals surface area contributed by atoms with Crippen LogP contribution in [-0.2, 0) is 0 Å². The van der Waals surface area contributed by atoms with Crippen molar-refractivity contribution in [2.24, 2.45) is 0 Å². The highest BCUT2D eigenvalue weighted by Gasteiger charge is 2.28.